The van der Waals surface area contributed by atoms with Crippen LogP contribution in [0.2, 0.25) is 0 Å². The molecule has 2 fully saturated rings. The van der Waals surface area contributed by atoms with E-state index in [1.165, 1.54) is 0 Å². The lowest BCUT2D eigenvalue weighted by Crippen LogP contribution is -2.53. The molecule has 3 heterocycles. The number of carbonyl (C=O) groups is 2. The van der Waals surface area contributed by atoms with Gasteiger partial charge in [0.2, 0.25) is 5.91 Å². The van der Waals surface area contributed by atoms with Crippen LogP contribution in [0.3, 0.4) is 0 Å². The number of amides is 2. The summed E-state index contributed by atoms with van der Waals surface area (Å²) < 4.78 is 5.01. The maximum Gasteiger partial charge on any atom is 0.410 e. The fraction of sp³-hybridized carbons (Fsp3) is 0.643. The maximum atomic E-state index is 12.3. The summed E-state index contributed by atoms with van der Waals surface area (Å²) in [6.07, 6.45) is 0.844. The van der Waals surface area contributed by atoms with Crippen molar-refractivity contribution in [1.29, 1.82) is 0 Å². The van der Waals surface area contributed by atoms with Crippen LogP contribution < -0.4 is 0 Å². The van der Waals surface area contributed by atoms with Gasteiger partial charge in [0.25, 0.3) is 0 Å². The molecule has 0 radical (unpaired) electrons. The van der Waals surface area contributed by atoms with Crippen molar-refractivity contribution >= 4 is 12.0 Å². The molecule has 3 rings (SSSR count). The quantitative estimate of drug-likeness (QED) is 0.886. The van der Waals surface area contributed by atoms with Gasteiger partial charge in [-0.25, -0.2) is 4.79 Å². The Kier molecular flexibility index (Phi) is 3.57. The monoisotopic (exact) mass is 292 g/mol. The van der Waals surface area contributed by atoms with Gasteiger partial charge in [-0.2, -0.15) is 5.10 Å². The Balaban J connectivity index is 1.54. The first-order valence-corrected chi connectivity index (χ1v) is 7.28. The fourth-order valence-corrected chi connectivity index (χ4v) is 2.88. The molecule has 0 spiro atoms. The minimum Gasteiger partial charge on any atom is -0.447 e. The number of aromatic amines is 1. The molecular weight excluding hydrogens is 272 g/mol. The summed E-state index contributed by atoms with van der Waals surface area (Å²) in [6.45, 7) is 6.10. The molecule has 0 aliphatic carbocycles. The van der Waals surface area contributed by atoms with Crippen LogP contribution in [0, 0.1) is 13.8 Å². The average Bonchev–Trinajstić information content (AvgIpc) is 3.01. The molecule has 1 unspecified atom stereocenters. The van der Waals surface area contributed by atoms with E-state index in [9.17, 15) is 9.59 Å². The van der Waals surface area contributed by atoms with Crippen molar-refractivity contribution in [3.8, 4) is 0 Å². The van der Waals surface area contributed by atoms with E-state index in [-0.39, 0.29) is 18.0 Å². The minimum atomic E-state index is -0.255. The largest absolute Gasteiger partial charge is 0.447 e. The Labute approximate surface area is 123 Å². The van der Waals surface area contributed by atoms with Gasteiger partial charge in [-0.05, 0) is 19.4 Å². The van der Waals surface area contributed by atoms with Crippen molar-refractivity contribution in [1.82, 2.24) is 20.0 Å². The second kappa shape index (κ2) is 5.38. The SMILES string of the molecule is Cc1[nH]nc(CCC(=O)N2CCN3C(=O)OCC3C2)c1C. The number of hydrogen-bond acceptors (Lipinski definition) is 4. The van der Waals surface area contributed by atoms with Crippen LogP contribution in [0.5, 0.6) is 0 Å². The molecule has 1 aromatic heterocycles. The highest BCUT2D eigenvalue weighted by Gasteiger charge is 2.38. The van der Waals surface area contributed by atoms with Gasteiger partial charge in [-0.3, -0.25) is 14.8 Å². The molecule has 1 aromatic rings. The lowest BCUT2D eigenvalue weighted by atomic mass is 10.1. The predicted octanol–water partition coefficient (Wildman–Crippen LogP) is 0.622. The van der Waals surface area contributed by atoms with Gasteiger partial charge >= 0.3 is 6.09 Å². The first kappa shape index (κ1) is 13.9. The summed E-state index contributed by atoms with van der Waals surface area (Å²) in [5.41, 5.74) is 3.13. The maximum absolute atomic E-state index is 12.3. The number of aromatic nitrogens is 2. The minimum absolute atomic E-state index is 0.0181. The van der Waals surface area contributed by atoms with Crippen LogP contribution in [0.1, 0.15) is 23.4 Å². The van der Waals surface area contributed by atoms with Crippen LogP contribution in [-0.4, -0.2) is 64.3 Å². The van der Waals surface area contributed by atoms with Gasteiger partial charge < -0.3 is 9.64 Å². The topological polar surface area (TPSA) is 78.5 Å². The molecule has 0 saturated carbocycles. The van der Waals surface area contributed by atoms with E-state index >= 15 is 0 Å². The summed E-state index contributed by atoms with van der Waals surface area (Å²) in [6, 6.07) is 0.0181. The molecule has 2 amide bonds. The molecule has 21 heavy (non-hydrogen) atoms. The van der Waals surface area contributed by atoms with Crippen molar-refractivity contribution in [2.24, 2.45) is 0 Å². The predicted molar refractivity (Wildman–Crippen MR) is 74.8 cm³/mol. The van der Waals surface area contributed by atoms with Gasteiger partial charge in [-0.1, -0.05) is 0 Å². The highest BCUT2D eigenvalue weighted by atomic mass is 16.6. The number of aryl methyl sites for hydroxylation is 2. The molecule has 7 heteroatoms. The normalized spacial score (nSPS) is 21.4. The Bertz CT molecular complexity index is 569. The van der Waals surface area contributed by atoms with Crippen molar-refractivity contribution in [2.75, 3.05) is 26.2 Å². The molecule has 2 saturated heterocycles. The molecule has 1 atom stereocenters. The van der Waals surface area contributed by atoms with Crippen molar-refractivity contribution in [3.63, 3.8) is 0 Å². The molecular formula is C14H20N4O3. The number of nitrogens with zero attached hydrogens (tertiary/aromatic N) is 3. The number of fused-ring (bicyclic) bond motifs is 1. The zero-order valence-corrected chi connectivity index (χ0v) is 12.4. The first-order chi connectivity index (χ1) is 10.1. The molecule has 1 N–H and O–H groups in total. The number of rotatable bonds is 3. The van der Waals surface area contributed by atoms with Crippen LogP contribution in [0.4, 0.5) is 4.79 Å². The van der Waals surface area contributed by atoms with E-state index in [2.05, 4.69) is 10.2 Å². The van der Waals surface area contributed by atoms with Gasteiger partial charge in [0.05, 0.1) is 11.7 Å². The standard InChI is InChI=1S/C14H20N4O3/c1-9-10(2)15-16-12(9)3-4-13(19)17-5-6-18-11(7-17)8-21-14(18)20/h11H,3-8H2,1-2H3,(H,15,16). The Morgan fingerprint density at radius 2 is 2.24 bits per heavy atom. The average molecular weight is 292 g/mol. The Morgan fingerprint density at radius 1 is 1.43 bits per heavy atom. The van der Waals surface area contributed by atoms with Gasteiger partial charge in [0.15, 0.2) is 0 Å². The van der Waals surface area contributed by atoms with E-state index in [0.29, 0.717) is 39.1 Å². The van der Waals surface area contributed by atoms with Crippen molar-refractivity contribution in [2.45, 2.75) is 32.7 Å². The third-order valence-electron chi connectivity index (χ3n) is 4.40. The number of ether oxygens (including phenoxy) is 1. The molecule has 0 bridgehead atoms. The molecule has 0 aromatic carbocycles. The second-order valence-electron chi connectivity index (χ2n) is 5.68. The van der Waals surface area contributed by atoms with E-state index in [0.717, 1.165) is 17.0 Å². The first-order valence-electron chi connectivity index (χ1n) is 7.28. The van der Waals surface area contributed by atoms with E-state index in [1.54, 1.807) is 4.90 Å². The molecule has 7 nitrogen and oxygen atoms in total. The van der Waals surface area contributed by atoms with Crippen LogP contribution >= 0.6 is 0 Å². The Morgan fingerprint density at radius 3 is 2.95 bits per heavy atom. The molecule has 2 aliphatic heterocycles. The van der Waals surface area contributed by atoms with Crippen LogP contribution in [0.25, 0.3) is 0 Å². The van der Waals surface area contributed by atoms with Crippen LogP contribution in [-0.2, 0) is 16.0 Å². The summed E-state index contributed by atoms with van der Waals surface area (Å²) in [5.74, 6) is 0.119. The summed E-state index contributed by atoms with van der Waals surface area (Å²) in [7, 11) is 0. The van der Waals surface area contributed by atoms with E-state index in [4.69, 9.17) is 4.74 Å². The molecule has 2 aliphatic rings. The Hall–Kier alpha value is -2.05. The fourth-order valence-electron chi connectivity index (χ4n) is 2.88. The van der Waals surface area contributed by atoms with Crippen LogP contribution in [0.15, 0.2) is 0 Å². The smallest absolute Gasteiger partial charge is 0.410 e. The zero-order chi connectivity index (χ0) is 15.0. The highest BCUT2D eigenvalue weighted by Crippen LogP contribution is 2.19. The number of nitrogens with one attached hydrogen (secondary N) is 1. The number of cyclic esters (lactones) is 1. The number of hydrogen-bond donors (Lipinski definition) is 1. The number of carbonyl (C=O) groups excluding carboxylic acids is 2. The number of H-pyrrole nitrogens is 1. The third-order valence-corrected chi connectivity index (χ3v) is 4.40. The highest BCUT2D eigenvalue weighted by molar-refractivity contribution is 5.77. The second-order valence-corrected chi connectivity index (χ2v) is 5.68. The molecule has 114 valence electrons. The lowest BCUT2D eigenvalue weighted by Gasteiger charge is -2.35. The van der Waals surface area contributed by atoms with Crippen molar-refractivity contribution < 1.29 is 14.3 Å². The van der Waals surface area contributed by atoms with Gasteiger partial charge in [-0.15, -0.1) is 0 Å². The third kappa shape index (κ3) is 2.59. The van der Waals surface area contributed by atoms with E-state index < -0.39 is 0 Å². The lowest BCUT2D eigenvalue weighted by molar-refractivity contribution is -0.133. The zero-order valence-electron chi connectivity index (χ0n) is 12.4. The van der Waals surface area contributed by atoms with Crippen molar-refractivity contribution in [3.05, 3.63) is 17.0 Å². The number of piperazine rings is 1. The van der Waals surface area contributed by atoms with E-state index in [1.807, 2.05) is 18.7 Å². The van der Waals surface area contributed by atoms with Gasteiger partial charge in [0, 0.05) is 38.2 Å². The summed E-state index contributed by atoms with van der Waals surface area (Å²) in [5, 5.41) is 7.17. The summed E-state index contributed by atoms with van der Waals surface area (Å²) in [4.78, 5) is 27.3. The van der Waals surface area contributed by atoms with Gasteiger partial charge in [0.1, 0.15) is 6.61 Å². The summed E-state index contributed by atoms with van der Waals surface area (Å²) >= 11 is 0.